The average Bonchev–Trinajstić information content (AvgIpc) is 3.08. The number of nitrogens with zero attached hydrogens (tertiary/aromatic N) is 2. The number of carbonyl (C=O) groups excluding carboxylic acids is 1. The molecule has 0 aliphatic carbocycles. The van der Waals surface area contributed by atoms with Crippen LogP contribution in [0.3, 0.4) is 0 Å². The normalized spacial score (nSPS) is 18.5. The Hall–Kier alpha value is -1.94. The Morgan fingerprint density at radius 1 is 1.26 bits per heavy atom. The fraction of sp³-hybridized carbons (Fsp3) is 0.200. The highest BCUT2D eigenvalue weighted by atomic mass is 32.1. The Labute approximate surface area is 116 Å². The molecule has 1 atom stereocenters. The van der Waals surface area contributed by atoms with E-state index in [2.05, 4.69) is 11.2 Å². The van der Waals surface area contributed by atoms with Crippen LogP contribution in [0.25, 0.3) is 0 Å². The molecule has 4 heteroatoms. The predicted octanol–water partition coefficient (Wildman–Crippen LogP) is 3.45. The summed E-state index contributed by atoms with van der Waals surface area (Å²) in [6, 6.07) is 14.2. The van der Waals surface area contributed by atoms with Crippen molar-refractivity contribution in [1.29, 1.82) is 0 Å². The second-order valence-corrected chi connectivity index (χ2v) is 5.47. The van der Waals surface area contributed by atoms with Gasteiger partial charge in [0.1, 0.15) is 0 Å². The molecule has 0 spiro atoms. The molecule has 0 unspecified atom stereocenters. The Morgan fingerprint density at radius 2 is 2.05 bits per heavy atom. The first-order chi connectivity index (χ1) is 9.25. The van der Waals surface area contributed by atoms with Crippen LogP contribution in [-0.4, -0.2) is 16.6 Å². The lowest BCUT2D eigenvalue weighted by Crippen LogP contribution is -2.24. The number of hydrogen-bond acceptors (Lipinski definition) is 3. The minimum atomic E-state index is -0.0135. The van der Waals surface area contributed by atoms with Gasteiger partial charge in [-0.3, -0.25) is 4.79 Å². The van der Waals surface area contributed by atoms with Crippen LogP contribution >= 0.6 is 11.3 Å². The molecule has 3 nitrogen and oxygen atoms in total. The van der Waals surface area contributed by atoms with Gasteiger partial charge in [0.2, 0.25) is 5.91 Å². The molecule has 1 aliphatic rings. The monoisotopic (exact) mass is 270 g/mol. The molecule has 2 heterocycles. The summed E-state index contributed by atoms with van der Waals surface area (Å²) in [5.41, 5.74) is 2.13. The second-order valence-electron chi connectivity index (χ2n) is 4.52. The number of thiophene rings is 1. The van der Waals surface area contributed by atoms with E-state index in [-0.39, 0.29) is 11.9 Å². The average molecular weight is 270 g/mol. The van der Waals surface area contributed by atoms with Gasteiger partial charge in [-0.2, -0.15) is 5.10 Å². The van der Waals surface area contributed by atoms with Crippen molar-refractivity contribution in [3.05, 3.63) is 58.3 Å². The zero-order valence-corrected chi connectivity index (χ0v) is 11.4. The van der Waals surface area contributed by atoms with E-state index in [1.54, 1.807) is 23.3 Å². The molecule has 1 amide bonds. The van der Waals surface area contributed by atoms with Crippen molar-refractivity contribution in [2.75, 3.05) is 0 Å². The summed E-state index contributed by atoms with van der Waals surface area (Å²) in [6.07, 6.45) is 0.782. The third-order valence-electron chi connectivity index (χ3n) is 3.22. The van der Waals surface area contributed by atoms with Crippen molar-refractivity contribution < 1.29 is 4.79 Å². The van der Waals surface area contributed by atoms with E-state index in [4.69, 9.17) is 0 Å². The van der Waals surface area contributed by atoms with Gasteiger partial charge in [0, 0.05) is 13.3 Å². The van der Waals surface area contributed by atoms with Gasteiger partial charge in [0.25, 0.3) is 0 Å². The lowest BCUT2D eigenvalue weighted by Gasteiger charge is -2.20. The van der Waals surface area contributed by atoms with Gasteiger partial charge in [-0.25, -0.2) is 5.01 Å². The van der Waals surface area contributed by atoms with Gasteiger partial charge >= 0.3 is 0 Å². The third-order valence-corrected chi connectivity index (χ3v) is 4.14. The maximum absolute atomic E-state index is 11.8. The second kappa shape index (κ2) is 4.97. The summed E-state index contributed by atoms with van der Waals surface area (Å²) in [5.74, 6) is -0.0135. The SMILES string of the molecule is CC(=O)N1N=C(c2cccs2)C[C@H]1c1ccccc1. The van der Waals surface area contributed by atoms with E-state index in [1.807, 2.05) is 41.8 Å². The zero-order chi connectivity index (χ0) is 13.2. The topological polar surface area (TPSA) is 32.7 Å². The molecule has 3 rings (SSSR count). The van der Waals surface area contributed by atoms with E-state index in [0.29, 0.717) is 0 Å². The fourth-order valence-corrected chi connectivity index (χ4v) is 3.05. The highest BCUT2D eigenvalue weighted by Gasteiger charge is 2.31. The van der Waals surface area contributed by atoms with Crippen LogP contribution in [0.15, 0.2) is 52.9 Å². The van der Waals surface area contributed by atoms with Gasteiger partial charge in [-0.15, -0.1) is 11.3 Å². The minimum absolute atomic E-state index is 0.0135. The van der Waals surface area contributed by atoms with Gasteiger partial charge < -0.3 is 0 Å². The number of amides is 1. The summed E-state index contributed by atoms with van der Waals surface area (Å²) in [6.45, 7) is 1.57. The molecule has 1 aromatic carbocycles. The molecule has 1 aliphatic heterocycles. The van der Waals surface area contributed by atoms with Crippen LogP contribution in [0.1, 0.15) is 29.8 Å². The first kappa shape index (κ1) is 12.1. The van der Waals surface area contributed by atoms with Crippen LogP contribution < -0.4 is 0 Å². The molecule has 1 aromatic heterocycles. The minimum Gasteiger partial charge on any atom is -0.273 e. The van der Waals surface area contributed by atoms with Crippen molar-refractivity contribution >= 4 is 23.0 Å². The van der Waals surface area contributed by atoms with Crippen molar-refractivity contribution in [3.8, 4) is 0 Å². The van der Waals surface area contributed by atoms with Crippen LogP contribution in [0.4, 0.5) is 0 Å². The Bertz CT molecular complexity index is 604. The van der Waals surface area contributed by atoms with Gasteiger partial charge in [-0.1, -0.05) is 36.4 Å². The summed E-state index contributed by atoms with van der Waals surface area (Å²) in [4.78, 5) is 12.9. The first-order valence-electron chi connectivity index (χ1n) is 6.22. The Morgan fingerprint density at radius 3 is 2.68 bits per heavy atom. The predicted molar refractivity (Wildman–Crippen MR) is 77.2 cm³/mol. The zero-order valence-electron chi connectivity index (χ0n) is 10.6. The molecule has 0 saturated carbocycles. The molecule has 0 N–H and O–H groups in total. The molecule has 96 valence electrons. The van der Waals surface area contributed by atoms with Crippen molar-refractivity contribution in [1.82, 2.24) is 5.01 Å². The molecule has 0 fully saturated rings. The van der Waals surface area contributed by atoms with Crippen LogP contribution in [0.5, 0.6) is 0 Å². The van der Waals surface area contributed by atoms with E-state index in [0.717, 1.165) is 22.6 Å². The maximum atomic E-state index is 11.8. The summed E-state index contributed by atoms with van der Waals surface area (Å²) < 4.78 is 0. The van der Waals surface area contributed by atoms with Crippen LogP contribution in [-0.2, 0) is 4.79 Å². The smallest absolute Gasteiger partial charge is 0.240 e. The van der Waals surface area contributed by atoms with Gasteiger partial charge in [0.05, 0.1) is 16.6 Å². The molecule has 19 heavy (non-hydrogen) atoms. The lowest BCUT2D eigenvalue weighted by atomic mass is 10.0. The number of carbonyl (C=O) groups is 1. The van der Waals surface area contributed by atoms with Crippen molar-refractivity contribution in [2.45, 2.75) is 19.4 Å². The number of benzene rings is 1. The summed E-state index contributed by atoms with van der Waals surface area (Å²) in [7, 11) is 0. The molecule has 0 radical (unpaired) electrons. The number of rotatable bonds is 2. The quantitative estimate of drug-likeness (QED) is 0.822. The molecule has 0 saturated heterocycles. The maximum Gasteiger partial charge on any atom is 0.240 e. The lowest BCUT2D eigenvalue weighted by molar-refractivity contribution is -0.130. The van der Waals surface area contributed by atoms with Crippen LogP contribution in [0.2, 0.25) is 0 Å². The highest BCUT2D eigenvalue weighted by molar-refractivity contribution is 7.12. The molecule has 2 aromatic rings. The third kappa shape index (κ3) is 2.31. The Balaban J connectivity index is 1.94. The van der Waals surface area contributed by atoms with Crippen LogP contribution in [0, 0.1) is 0 Å². The number of hydrogen-bond donors (Lipinski definition) is 0. The molecular formula is C15H14N2OS. The highest BCUT2D eigenvalue weighted by Crippen LogP contribution is 2.33. The van der Waals surface area contributed by atoms with Crippen molar-refractivity contribution in [2.24, 2.45) is 5.10 Å². The molecule has 0 bridgehead atoms. The van der Waals surface area contributed by atoms with E-state index >= 15 is 0 Å². The largest absolute Gasteiger partial charge is 0.273 e. The van der Waals surface area contributed by atoms with Crippen molar-refractivity contribution in [3.63, 3.8) is 0 Å². The molecular weight excluding hydrogens is 256 g/mol. The summed E-state index contributed by atoms with van der Waals surface area (Å²) in [5, 5.41) is 8.13. The van der Waals surface area contributed by atoms with Gasteiger partial charge in [0.15, 0.2) is 0 Å². The standard InChI is InChI=1S/C15H14N2OS/c1-11(18)17-14(12-6-3-2-4-7-12)10-13(16-17)15-8-5-9-19-15/h2-9,14H,10H2,1H3/t14-/m0/s1. The van der Waals surface area contributed by atoms with Gasteiger partial charge in [-0.05, 0) is 17.0 Å². The fourth-order valence-electron chi connectivity index (χ4n) is 2.33. The van der Waals surface area contributed by atoms with E-state index in [1.165, 1.54) is 0 Å². The van der Waals surface area contributed by atoms with E-state index in [9.17, 15) is 4.79 Å². The van der Waals surface area contributed by atoms with E-state index < -0.39 is 0 Å². The Kier molecular flexibility index (Phi) is 3.17. The first-order valence-corrected chi connectivity index (χ1v) is 7.10. The number of hydrazone groups is 1. The summed E-state index contributed by atoms with van der Waals surface area (Å²) >= 11 is 1.66.